The molecule has 0 bridgehead atoms. The fourth-order valence-corrected chi connectivity index (χ4v) is 3.72. The number of urea groups is 1. The van der Waals surface area contributed by atoms with Gasteiger partial charge >= 0.3 is 18.2 Å². The highest BCUT2D eigenvalue weighted by Gasteiger charge is 2.32. The van der Waals surface area contributed by atoms with E-state index in [1.807, 2.05) is 0 Å². The Morgan fingerprint density at radius 3 is 2.31 bits per heavy atom. The summed E-state index contributed by atoms with van der Waals surface area (Å²) in [6, 6.07) is -0.224. The van der Waals surface area contributed by atoms with Crippen molar-refractivity contribution in [1.29, 1.82) is 0 Å². The molecule has 1 unspecified atom stereocenters. The van der Waals surface area contributed by atoms with Crippen molar-refractivity contribution in [2.45, 2.75) is 59.0 Å². The summed E-state index contributed by atoms with van der Waals surface area (Å²) in [5, 5.41) is 1.36. The van der Waals surface area contributed by atoms with Crippen LogP contribution in [0.15, 0.2) is 0 Å². The molecule has 1 N–H and O–H groups in total. The first-order valence-corrected chi connectivity index (χ1v) is 10.5. The number of carbonyl (C=O) groups excluding carboxylic acids is 3. The van der Waals surface area contributed by atoms with E-state index in [4.69, 9.17) is 9.47 Å². The molecule has 166 valence electrons. The molecule has 2 rings (SSSR count). The van der Waals surface area contributed by atoms with Crippen LogP contribution in [0.2, 0.25) is 0 Å². The van der Waals surface area contributed by atoms with Gasteiger partial charge in [0.05, 0.1) is 7.11 Å². The first kappa shape index (κ1) is 23.1. The second-order valence-electron chi connectivity index (χ2n) is 9.10. The van der Waals surface area contributed by atoms with Gasteiger partial charge in [-0.05, 0) is 58.3 Å². The lowest BCUT2D eigenvalue weighted by molar-refractivity contribution is 0.0282. The molecule has 29 heavy (non-hydrogen) atoms. The largest absolute Gasteiger partial charge is 0.453 e. The highest BCUT2D eigenvalue weighted by molar-refractivity contribution is 5.78. The third-order valence-corrected chi connectivity index (χ3v) is 5.30. The summed E-state index contributed by atoms with van der Waals surface area (Å²) in [4.78, 5) is 40.8. The second kappa shape index (κ2) is 10.0. The molecule has 9 heteroatoms. The van der Waals surface area contributed by atoms with Crippen LogP contribution >= 0.6 is 0 Å². The molecule has 2 aliphatic rings. The molecule has 2 heterocycles. The number of likely N-dealkylation sites (tertiary alicyclic amines) is 2. The average Bonchev–Trinajstić information content (AvgIpc) is 2.65. The van der Waals surface area contributed by atoms with Crippen molar-refractivity contribution in [3.63, 3.8) is 0 Å². The maximum absolute atomic E-state index is 13.1. The van der Waals surface area contributed by atoms with Gasteiger partial charge in [0.2, 0.25) is 0 Å². The van der Waals surface area contributed by atoms with E-state index in [0.29, 0.717) is 38.6 Å². The van der Waals surface area contributed by atoms with E-state index in [1.54, 1.807) is 30.6 Å². The summed E-state index contributed by atoms with van der Waals surface area (Å²) < 4.78 is 10.2. The first-order chi connectivity index (χ1) is 13.6. The summed E-state index contributed by atoms with van der Waals surface area (Å²) in [5.41, 5.74) is 1.97. The van der Waals surface area contributed by atoms with E-state index in [-0.39, 0.29) is 18.0 Å². The van der Waals surface area contributed by atoms with E-state index in [0.717, 1.165) is 25.7 Å². The maximum Gasteiger partial charge on any atom is 0.426 e. The Morgan fingerprint density at radius 1 is 1.07 bits per heavy atom. The van der Waals surface area contributed by atoms with Crippen LogP contribution in [0.4, 0.5) is 14.4 Å². The quantitative estimate of drug-likeness (QED) is 0.704. The van der Waals surface area contributed by atoms with Crippen LogP contribution in [0.1, 0.15) is 53.4 Å². The van der Waals surface area contributed by atoms with Crippen LogP contribution in [0.5, 0.6) is 0 Å². The third-order valence-electron chi connectivity index (χ3n) is 5.30. The van der Waals surface area contributed by atoms with Gasteiger partial charge in [-0.1, -0.05) is 6.92 Å². The Balaban J connectivity index is 2.06. The van der Waals surface area contributed by atoms with Gasteiger partial charge in [-0.15, -0.1) is 0 Å². The standard InChI is InChI=1S/C20H36N4O5/c1-15-8-11-22(12-9-15)18(26)24(21-17(25)29-20(2,3)4)14-16-7-6-10-23(13-16)19(27)28-5/h15-16H,6-14H2,1-5H3,(H,21,25). The van der Waals surface area contributed by atoms with Gasteiger partial charge in [-0.3, -0.25) is 0 Å². The predicted octanol–water partition coefficient (Wildman–Crippen LogP) is 3.06. The van der Waals surface area contributed by atoms with E-state index < -0.39 is 11.7 Å². The van der Waals surface area contributed by atoms with Crippen LogP contribution in [-0.4, -0.2) is 78.5 Å². The fraction of sp³-hybridized carbons (Fsp3) is 0.850. The summed E-state index contributed by atoms with van der Waals surface area (Å²) in [7, 11) is 1.36. The second-order valence-corrected chi connectivity index (χ2v) is 9.10. The zero-order chi connectivity index (χ0) is 21.6. The molecule has 0 aromatic rings. The highest BCUT2D eigenvalue weighted by atomic mass is 16.6. The van der Waals surface area contributed by atoms with Crippen molar-refractivity contribution in [1.82, 2.24) is 20.2 Å². The molecule has 9 nitrogen and oxygen atoms in total. The molecule has 0 saturated carbocycles. The molecule has 2 aliphatic heterocycles. The molecule has 2 fully saturated rings. The zero-order valence-electron chi connectivity index (χ0n) is 18.4. The molecule has 2 saturated heterocycles. The Bertz CT molecular complexity index is 584. The van der Waals surface area contributed by atoms with Crippen molar-refractivity contribution >= 4 is 18.2 Å². The van der Waals surface area contributed by atoms with Gasteiger partial charge in [0.1, 0.15) is 5.60 Å². The van der Waals surface area contributed by atoms with Gasteiger partial charge in [-0.25, -0.2) is 24.8 Å². The topological polar surface area (TPSA) is 91.4 Å². The maximum atomic E-state index is 13.1. The Labute approximate surface area is 173 Å². The monoisotopic (exact) mass is 412 g/mol. The summed E-state index contributed by atoms with van der Waals surface area (Å²) >= 11 is 0. The Hall–Kier alpha value is -2.19. The first-order valence-electron chi connectivity index (χ1n) is 10.5. The third kappa shape index (κ3) is 7.29. The average molecular weight is 413 g/mol. The molecule has 0 radical (unpaired) electrons. The molecule has 0 aromatic heterocycles. The van der Waals surface area contributed by atoms with E-state index in [2.05, 4.69) is 12.3 Å². The van der Waals surface area contributed by atoms with E-state index in [9.17, 15) is 14.4 Å². The molecule has 1 atom stereocenters. The van der Waals surface area contributed by atoms with Crippen LogP contribution in [-0.2, 0) is 9.47 Å². The number of amides is 4. The van der Waals surface area contributed by atoms with Crippen LogP contribution in [0.25, 0.3) is 0 Å². The smallest absolute Gasteiger partial charge is 0.426 e. The normalized spacial score (nSPS) is 20.8. The van der Waals surface area contributed by atoms with Crippen molar-refractivity contribution in [2.75, 3.05) is 39.8 Å². The van der Waals surface area contributed by atoms with E-state index in [1.165, 1.54) is 12.1 Å². The molecule has 0 spiro atoms. The lowest BCUT2D eigenvalue weighted by atomic mass is 9.98. The summed E-state index contributed by atoms with van der Waals surface area (Å²) in [6.07, 6.45) is 2.58. The van der Waals surface area contributed by atoms with Gasteiger partial charge in [-0.2, -0.15) is 0 Å². The highest BCUT2D eigenvalue weighted by Crippen LogP contribution is 2.21. The number of methoxy groups -OCH3 is 1. The van der Waals surface area contributed by atoms with Gasteiger partial charge < -0.3 is 19.3 Å². The lowest BCUT2D eigenvalue weighted by Crippen LogP contribution is -2.57. The molecule has 0 aromatic carbocycles. The van der Waals surface area contributed by atoms with Gasteiger partial charge in [0.25, 0.3) is 0 Å². The number of carbonyl (C=O) groups is 3. The van der Waals surface area contributed by atoms with Gasteiger partial charge in [0.15, 0.2) is 0 Å². The minimum Gasteiger partial charge on any atom is -0.453 e. The number of hydrazine groups is 1. The minimum absolute atomic E-state index is 0.0467. The fourth-order valence-electron chi connectivity index (χ4n) is 3.72. The molecular formula is C20H36N4O5. The molecular weight excluding hydrogens is 376 g/mol. The van der Waals surface area contributed by atoms with Crippen molar-refractivity contribution < 1.29 is 23.9 Å². The summed E-state index contributed by atoms with van der Waals surface area (Å²) in [5.74, 6) is 0.642. The number of rotatable bonds is 2. The molecule has 0 aliphatic carbocycles. The number of nitrogens with zero attached hydrogens (tertiary/aromatic N) is 3. The van der Waals surface area contributed by atoms with Crippen molar-refractivity contribution in [2.24, 2.45) is 11.8 Å². The SMILES string of the molecule is COC(=O)N1CCCC(CN(NC(=O)OC(C)(C)C)C(=O)N2CCC(C)CC2)C1. The van der Waals surface area contributed by atoms with Crippen LogP contribution < -0.4 is 5.43 Å². The van der Waals surface area contributed by atoms with Crippen LogP contribution in [0.3, 0.4) is 0 Å². The number of hydrogen-bond donors (Lipinski definition) is 1. The summed E-state index contributed by atoms with van der Waals surface area (Å²) in [6.45, 7) is 10.3. The van der Waals surface area contributed by atoms with Gasteiger partial charge in [0, 0.05) is 32.7 Å². The molecule has 4 amide bonds. The Kier molecular flexibility index (Phi) is 7.98. The zero-order valence-corrected chi connectivity index (χ0v) is 18.4. The van der Waals surface area contributed by atoms with Crippen molar-refractivity contribution in [3.8, 4) is 0 Å². The van der Waals surface area contributed by atoms with Crippen molar-refractivity contribution in [3.05, 3.63) is 0 Å². The Morgan fingerprint density at radius 2 is 1.72 bits per heavy atom. The number of nitrogens with one attached hydrogen (secondary N) is 1. The van der Waals surface area contributed by atoms with Crippen LogP contribution in [0, 0.1) is 11.8 Å². The number of piperidine rings is 2. The number of hydrogen-bond acceptors (Lipinski definition) is 5. The number of ether oxygens (including phenoxy) is 2. The van der Waals surface area contributed by atoms with E-state index >= 15 is 0 Å². The predicted molar refractivity (Wildman–Crippen MR) is 108 cm³/mol. The lowest BCUT2D eigenvalue weighted by Gasteiger charge is -2.38. The minimum atomic E-state index is -0.661.